The van der Waals surface area contributed by atoms with Crippen molar-refractivity contribution in [3.63, 3.8) is 0 Å². The molecule has 0 radical (unpaired) electrons. The number of ether oxygens (including phenoxy) is 1. The summed E-state index contributed by atoms with van der Waals surface area (Å²) in [5, 5.41) is 0.947. The molecule has 5 rings (SSSR count). The summed E-state index contributed by atoms with van der Waals surface area (Å²) in [4.78, 5) is 53.7. The first-order valence-electron chi connectivity index (χ1n) is 13.3. The second kappa shape index (κ2) is 8.90. The number of fused-ring (bicyclic) bond motifs is 5. The molecule has 1 aliphatic heterocycles. The maximum Gasteiger partial charge on any atom is 0.333 e. The zero-order valence-electron chi connectivity index (χ0n) is 21.0. The fraction of sp³-hybridized carbons (Fsp3) is 0.714. The van der Waals surface area contributed by atoms with E-state index in [0.29, 0.717) is 36.3 Å². The van der Waals surface area contributed by atoms with E-state index in [1.54, 1.807) is 0 Å². The molecule has 6 atom stereocenters. The van der Waals surface area contributed by atoms with Gasteiger partial charge in [0.15, 0.2) is 5.78 Å². The van der Waals surface area contributed by atoms with E-state index in [2.05, 4.69) is 20.4 Å². The molecule has 4 fully saturated rings. The monoisotopic (exact) mass is 483 g/mol. The Morgan fingerprint density at radius 3 is 2.49 bits per heavy atom. The van der Waals surface area contributed by atoms with Gasteiger partial charge in [-0.25, -0.2) is 4.79 Å². The molecule has 0 aromatic carbocycles. The number of allylic oxidation sites excluding steroid dienone is 2. The Balaban J connectivity index is 1.18. The fourth-order valence-corrected chi connectivity index (χ4v) is 8.02. The molecule has 0 bridgehead atoms. The number of ketones is 1. The summed E-state index contributed by atoms with van der Waals surface area (Å²) < 4.78 is 5.97. The van der Waals surface area contributed by atoms with E-state index >= 15 is 0 Å². The van der Waals surface area contributed by atoms with Crippen molar-refractivity contribution in [1.29, 1.82) is 0 Å². The standard InChI is InChI=1S/C28H37NO6/c1-17-4-9-24(31)29(17)35-26(33)11-10-25(32)34-23-8-7-21-20-6-5-18-16-19(30)12-14-27(18,2)22(20)13-15-28(21,23)3/h16,20-23H,1,4-15H2,2-3H3. The third-order valence-corrected chi connectivity index (χ3v) is 10.0. The van der Waals surface area contributed by atoms with E-state index in [1.807, 2.05) is 6.08 Å². The van der Waals surface area contributed by atoms with Crippen LogP contribution in [-0.4, -0.2) is 34.8 Å². The van der Waals surface area contributed by atoms with Gasteiger partial charge in [-0.15, -0.1) is 5.06 Å². The van der Waals surface area contributed by atoms with Gasteiger partial charge in [-0.3, -0.25) is 14.4 Å². The lowest BCUT2D eigenvalue weighted by molar-refractivity contribution is -0.187. The highest BCUT2D eigenvalue weighted by atomic mass is 16.7. The molecule has 0 aromatic heterocycles. The highest BCUT2D eigenvalue weighted by Crippen LogP contribution is 2.65. The minimum absolute atomic E-state index is 0.0425. The molecule has 190 valence electrons. The number of amides is 1. The Morgan fingerprint density at radius 2 is 1.74 bits per heavy atom. The minimum Gasteiger partial charge on any atom is -0.462 e. The van der Waals surface area contributed by atoms with Gasteiger partial charge in [-0.05, 0) is 80.6 Å². The molecule has 7 heteroatoms. The summed E-state index contributed by atoms with van der Waals surface area (Å²) in [6, 6.07) is 0. The summed E-state index contributed by atoms with van der Waals surface area (Å²) in [6.07, 6.45) is 10.2. The van der Waals surface area contributed by atoms with Crippen molar-refractivity contribution in [3.05, 3.63) is 23.9 Å². The molecule has 4 aliphatic carbocycles. The van der Waals surface area contributed by atoms with Crippen LogP contribution in [0.4, 0.5) is 0 Å². The van der Waals surface area contributed by atoms with Crippen molar-refractivity contribution in [2.24, 2.45) is 28.6 Å². The predicted molar refractivity (Wildman–Crippen MR) is 127 cm³/mol. The first-order valence-corrected chi connectivity index (χ1v) is 13.3. The molecule has 1 heterocycles. The first kappa shape index (κ1) is 24.3. The lowest BCUT2D eigenvalue weighted by Crippen LogP contribution is -2.51. The lowest BCUT2D eigenvalue weighted by atomic mass is 9.47. The van der Waals surface area contributed by atoms with Gasteiger partial charge in [0.05, 0.1) is 18.5 Å². The molecule has 0 N–H and O–H groups in total. The van der Waals surface area contributed by atoms with Gasteiger partial charge in [0.1, 0.15) is 6.10 Å². The Kier molecular flexibility index (Phi) is 6.17. The molecule has 1 saturated heterocycles. The number of hydroxylamine groups is 2. The molecule has 7 nitrogen and oxygen atoms in total. The normalized spacial score (nSPS) is 38.4. The SMILES string of the molecule is C=C1CCC(=O)N1OC(=O)CCC(=O)OC1CCC2C3CCC4=CC(=O)CCC4(C)C3CCC12C. The summed E-state index contributed by atoms with van der Waals surface area (Å²) in [5.41, 5.74) is 1.92. The quantitative estimate of drug-likeness (QED) is 0.522. The number of nitrogens with zero attached hydrogens (tertiary/aromatic N) is 1. The molecule has 6 unspecified atom stereocenters. The van der Waals surface area contributed by atoms with E-state index in [9.17, 15) is 19.2 Å². The van der Waals surface area contributed by atoms with Crippen LogP contribution in [0.3, 0.4) is 0 Å². The van der Waals surface area contributed by atoms with Crippen molar-refractivity contribution < 1.29 is 28.8 Å². The zero-order chi connectivity index (χ0) is 25.0. The first-order chi connectivity index (χ1) is 16.6. The summed E-state index contributed by atoms with van der Waals surface area (Å²) in [5.74, 6) is 0.714. The predicted octanol–water partition coefficient (Wildman–Crippen LogP) is 4.80. The van der Waals surface area contributed by atoms with Crippen molar-refractivity contribution in [2.75, 3.05) is 0 Å². The Hall–Kier alpha value is -2.44. The minimum atomic E-state index is -0.625. The molecule has 0 spiro atoms. The van der Waals surface area contributed by atoms with Gasteiger partial charge in [0, 0.05) is 18.3 Å². The van der Waals surface area contributed by atoms with Crippen LogP contribution < -0.4 is 0 Å². The van der Waals surface area contributed by atoms with Crippen LogP contribution in [0.25, 0.3) is 0 Å². The number of carbonyl (C=O) groups is 4. The largest absolute Gasteiger partial charge is 0.462 e. The van der Waals surface area contributed by atoms with Crippen LogP contribution in [0.15, 0.2) is 23.9 Å². The van der Waals surface area contributed by atoms with Crippen molar-refractivity contribution in [2.45, 2.75) is 97.0 Å². The third kappa shape index (κ3) is 4.15. The second-order valence-electron chi connectivity index (χ2n) is 11.8. The number of rotatable bonds is 5. The van der Waals surface area contributed by atoms with Gasteiger partial charge >= 0.3 is 11.9 Å². The number of hydrogen-bond donors (Lipinski definition) is 0. The Morgan fingerprint density at radius 1 is 0.971 bits per heavy atom. The smallest absolute Gasteiger partial charge is 0.333 e. The third-order valence-electron chi connectivity index (χ3n) is 10.0. The highest BCUT2D eigenvalue weighted by molar-refractivity contribution is 5.91. The Labute approximate surface area is 207 Å². The van der Waals surface area contributed by atoms with Crippen molar-refractivity contribution in [1.82, 2.24) is 5.06 Å². The summed E-state index contributed by atoms with van der Waals surface area (Å²) in [6.45, 7) is 8.39. The van der Waals surface area contributed by atoms with Crippen LogP contribution in [0.5, 0.6) is 0 Å². The summed E-state index contributed by atoms with van der Waals surface area (Å²) in [7, 11) is 0. The van der Waals surface area contributed by atoms with Crippen LogP contribution in [0.2, 0.25) is 0 Å². The van der Waals surface area contributed by atoms with Gasteiger partial charge in [0.25, 0.3) is 5.91 Å². The lowest BCUT2D eigenvalue weighted by Gasteiger charge is -2.57. The van der Waals surface area contributed by atoms with Gasteiger partial charge in [-0.1, -0.05) is 26.0 Å². The van der Waals surface area contributed by atoms with Crippen LogP contribution in [0.1, 0.15) is 90.9 Å². The molecule has 5 aliphatic rings. The van der Waals surface area contributed by atoms with Crippen LogP contribution >= 0.6 is 0 Å². The molecule has 3 saturated carbocycles. The van der Waals surface area contributed by atoms with Crippen LogP contribution in [-0.2, 0) is 28.8 Å². The topological polar surface area (TPSA) is 90.0 Å². The average molecular weight is 484 g/mol. The maximum absolute atomic E-state index is 12.7. The number of hydrogen-bond acceptors (Lipinski definition) is 6. The highest BCUT2D eigenvalue weighted by Gasteiger charge is 2.60. The van der Waals surface area contributed by atoms with Crippen molar-refractivity contribution >= 4 is 23.6 Å². The number of esters is 1. The van der Waals surface area contributed by atoms with E-state index in [1.165, 1.54) is 5.57 Å². The second-order valence-corrected chi connectivity index (χ2v) is 11.8. The van der Waals surface area contributed by atoms with Crippen molar-refractivity contribution in [3.8, 4) is 0 Å². The molecule has 1 amide bonds. The van der Waals surface area contributed by atoms with Gasteiger partial charge in [0.2, 0.25) is 0 Å². The fourth-order valence-electron chi connectivity index (χ4n) is 8.02. The summed E-state index contributed by atoms with van der Waals surface area (Å²) >= 11 is 0. The molecular formula is C28H37NO6. The zero-order valence-corrected chi connectivity index (χ0v) is 21.0. The number of carbonyl (C=O) groups excluding carboxylic acids is 4. The average Bonchev–Trinajstić information content (AvgIpc) is 3.31. The molecular weight excluding hydrogens is 446 g/mol. The molecule has 0 aromatic rings. The van der Waals surface area contributed by atoms with Gasteiger partial charge in [-0.2, -0.15) is 0 Å². The van der Waals surface area contributed by atoms with E-state index in [0.717, 1.165) is 50.0 Å². The Bertz CT molecular complexity index is 983. The molecule has 35 heavy (non-hydrogen) atoms. The van der Waals surface area contributed by atoms with Crippen LogP contribution in [0, 0.1) is 28.6 Å². The van der Waals surface area contributed by atoms with E-state index in [4.69, 9.17) is 9.57 Å². The van der Waals surface area contributed by atoms with E-state index < -0.39 is 5.97 Å². The van der Waals surface area contributed by atoms with Gasteiger partial charge < -0.3 is 9.57 Å². The maximum atomic E-state index is 12.7. The van der Waals surface area contributed by atoms with E-state index in [-0.39, 0.29) is 53.9 Å².